The maximum absolute atomic E-state index is 12.8. The van der Waals surface area contributed by atoms with Crippen LogP contribution < -0.4 is 14.9 Å². The summed E-state index contributed by atoms with van der Waals surface area (Å²) in [4.78, 5) is 25.0. The fraction of sp³-hybridized carbons (Fsp3) is 0.526. The van der Waals surface area contributed by atoms with Gasteiger partial charge < -0.3 is 14.2 Å². The van der Waals surface area contributed by atoms with Gasteiger partial charge in [-0.25, -0.2) is 5.43 Å². The van der Waals surface area contributed by atoms with Crippen molar-refractivity contribution in [3.63, 3.8) is 0 Å². The van der Waals surface area contributed by atoms with Gasteiger partial charge >= 0.3 is 5.97 Å². The van der Waals surface area contributed by atoms with Gasteiger partial charge in [-0.05, 0) is 43.5 Å². The molecule has 7 heteroatoms. The van der Waals surface area contributed by atoms with E-state index in [-0.39, 0.29) is 5.97 Å². The molecule has 1 saturated carbocycles. The topological polar surface area (TPSA) is 86.2 Å². The number of amides is 1. The normalized spacial score (nSPS) is 28.9. The summed E-state index contributed by atoms with van der Waals surface area (Å²) >= 11 is 0. The summed E-state index contributed by atoms with van der Waals surface area (Å²) in [5.41, 5.74) is 0.856. The summed E-state index contributed by atoms with van der Waals surface area (Å²) in [6.45, 7) is 5.68. The van der Waals surface area contributed by atoms with Gasteiger partial charge in [0.25, 0.3) is 5.91 Å². The van der Waals surface area contributed by atoms with E-state index < -0.39 is 22.3 Å². The quantitative estimate of drug-likeness (QED) is 0.495. The number of rotatable bonds is 5. The zero-order chi connectivity index (χ0) is 19.2. The fourth-order valence-corrected chi connectivity index (χ4v) is 3.94. The van der Waals surface area contributed by atoms with Gasteiger partial charge in [0, 0.05) is 5.41 Å². The Balaban J connectivity index is 1.76. The van der Waals surface area contributed by atoms with Gasteiger partial charge in [0.05, 0.1) is 25.8 Å². The lowest BCUT2D eigenvalue weighted by Gasteiger charge is -2.34. The lowest BCUT2D eigenvalue weighted by atomic mass is 9.66. The third-order valence-corrected chi connectivity index (χ3v) is 6.24. The molecule has 1 aromatic rings. The number of methoxy groups -OCH3 is 2. The summed E-state index contributed by atoms with van der Waals surface area (Å²) < 4.78 is 16.0. The maximum Gasteiger partial charge on any atom is 0.313 e. The molecule has 1 aromatic carbocycles. The Morgan fingerprint density at radius 3 is 2.42 bits per heavy atom. The van der Waals surface area contributed by atoms with Crippen molar-refractivity contribution in [3.8, 4) is 11.5 Å². The highest BCUT2D eigenvalue weighted by atomic mass is 16.6. The van der Waals surface area contributed by atoms with Gasteiger partial charge in [-0.1, -0.05) is 13.8 Å². The molecule has 140 valence electrons. The second kappa shape index (κ2) is 6.00. The van der Waals surface area contributed by atoms with E-state index in [2.05, 4.69) is 10.5 Å². The lowest BCUT2D eigenvalue weighted by Crippen LogP contribution is -2.52. The Labute approximate surface area is 152 Å². The third-order valence-electron chi connectivity index (χ3n) is 6.24. The minimum Gasteiger partial charge on any atom is -0.493 e. The SMILES string of the molecule is COc1ccc(C=NNC(=O)C23CCC(C)(C(=O)O2)C3(C)C)cc1OC. The number of nitrogens with one attached hydrogen (secondary N) is 1. The highest BCUT2D eigenvalue weighted by Gasteiger charge is 2.75. The van der Waals surface area contributed by atoms with E-state index in [1.807, 2.05) is 20.8 Å². The molecule has 2 aliphatic rings. The molecule has 7 nitrogen and oxygen atoms in total. The minimum absolute atomic E-state index is 0.312. The molecule has 2 fully saturated rings. The molecular weight excluding hydrogens is 336 g/mol. The van der Waals surface area contributed by atoms with Gasteiger partial charge in [0.15, 0.2) is 17.1 Å². The van der Waals surface area contributed by atoms with Gasteiger partial charge in [-0.2, -0.15) is 5.10 Å². The van der Waals surface area contributed by atoms with Crippen LogP contribution in [0.5, 0.6) is 11.5 Å². The lowest BCUT2D eigenvalue weighted by molar-refractivity contribution is -0.168. The first kappa shape index (κ1) is 18.2. The largest absolute Gasteiger partial charge is 0.493 e. The standard InChI is InChI=1S/C19H24N2O5/c1-17(2)18(3)8-9-19(17,26-16(18)23)15(22)21-20-11-12-6-7-13(24-4)14(10-12)25-5/h6-7,10-11H,8-9H2,1-5H3,(H,21,22). The number of hydrogen-bond donors (Lipinski definition) is 1. The van der Waals surface area contributed by atoms with Crippen molar-refractivity contribution in [1.29, 1.82) is 0 Å². The predicted octanol–water partition coefficient (Wildman–Crippen LogP) is 2.28. The molecular formula is C19H24N2O5. The molecule has 1 aliphatic heterocycles. The van der Waals surface area contributed by atoms with Gasteiger partial charge in [-0.3, -0.25) is 9.59 Å². The van der Waals surface area contributed by atoms with Crippen molar-refractivity contribution in [3.05, 3.63) is 23.8 Å². The van der Waals surface area contributed by atoms with Crippen LogP contribution in [-0.2, 0) is 14.3 Å². The number of nitrogens with zero attached hydrogens (tertiary/aromatic N) is 1. The third kappa shape index (κ3) is 2.29. The Hall–Kier alpha value is -2.57. The number of carbonyl (C=O) groups excluding carboxylic acids is 2. The zero-order valence-electron chi connectivity index (χ0n) is 15.7. The second-order valence-corrected chi connectivity index (χ2v) is 7.49. The number of ether oxygens (including phenoxy) is 3. The van der Waals surface area contributed by atoms with Crippen molar-refractivity contribution in [1.82, 2.24) is 5.43 Å². The molecule has 0 aromatic heterocycles. The Bertz CT molecular complexity index is 788. The molecule has 1 N–H and O–H groups in total. The van der Waals surface area contributed by atoms with Crippen LogP contribution in [0.25, 0.3) is 0 Å². The number of hydrazone groups is 1. The van der Waals surface area contributed by atoms with Crippen LogP contribution in [0.4, 0.5) is 0 Å². The Morgan fingerprint density at radius 2 is 1.88 bits per heavy atom. The van der Waals surface area contributed by atoms with Crippen molar-refractivity contribution in [2.45, 2.75) is 39.2 Å². The molecule has 2 bridgehead atoms. The monoisotopic (exact) mass is 360 g/mol. The first-order chi connectivity index (χ1) is 12.2. The first-order valence-electron chi connectivity index (χ1n) is 8.51. The number of benzene rings is 1. The van der Waals surface area contributed by atoms with E-state index in [1.165, 1.54) is 6.21 Å². The number of fused-ring (bicyclic) bond motifs is 2. The molecule has 0 radical (unpaired) electrons. The smallest absolute Gasteiger partial charge is 0.313 e. The van der Waals surface area contributed by atoms with Crippen LogP contribution in [0.2, 0.25) is 0 Å². The maximum atomic E-state index is 12.8. The zero-order valence-corrected chi connectivity index (χ0v) is 15.7. The van der Waals surface area contributed by atoms with E-state index in [4.69, 9.17) is 14.2 Å². The molecule has 1 aliphatic carbocycles. The van der Waals surface area contributed by atoms with Crippen LogP contribution in [0.3, 0.4) is 0 Å². The van der Waals surface area contributed by atoms with Crippen LogP contribution >= 0.6 is 0 Å². The summed E-state index contributed by atoms with van der Waals surface area (Å²) in [6.07, 6.45) is 2.64. The molecule has 26 heavy (non-hydrogen) atoms. The van der Waals surface area contributed by atoms with Crippen LogP contribution in [0, 0.1) is 10.8 Å². The van der Waals surface area contributed by atoms with Gasteiger partial charge in [0.1, 0.15) is 0 Å². The molecule has 2 atom stereocenters. The van der Waals surface area contributed by atoms with E-state index in [0.29, 0.717) is 24.3 Å². The molecule has 3 rings (SSSR count). The van der Waals surface area contributed by atoms with Crippen LogP contribution in [0.1, 0.15) is 39.2 Å². The molecule has 2 unspecified atom stereocenters. The summed E-state index contributed by atoms with van der Waals surface area (Å²) in [7, 11) is 3.11. The second-order valence-electron chi connectivity index (χ2n) is 7.49. The first-order valence-corrected chi connectivity index (χ1v) is 8.51. The van der Waals surface area contributed by atoms with E-state index >= 15 is 0 Å². The van der Waals surface area contributed by atoms with Gasteiger partial charge in [-0.15, -0.1) is 0 Å². The Kier molecular flexibility index (Phi) is 4.21. The fourth-order valence-electron chi connectivity index (χ4n) is 3.94. The summed E-state index contributed by atoms with van der Waals surface area (Å²) in [5, 5.41) is 4.03. The Morgan fingerprint density at radius 1 is 1.19 bits per heavy atom. The van der Waals surface area contributed by atoms with Crippen molar-refractivity contribution in [2.24, 2.45) is 15.9 Å². The average molecular weight is 360 g/mol. The van der Waals surface area contributed by atoms with Gasteiger partial charge in [0.2, 0.25) is 0 Å². The number of carbonyl (C=O) groups is 2. The van der Waals surface area contributed by atoms with E-state index in [9.17, 15) is 9.59 Å². The minimum atomic E-state index is -1.17. The van der Waals surface area contributed by atoms with Crippen LogP contribution in [-0.4, -0.2) is 37.9 Å². The highest BCUT2D eigenvalue weighted by Crippen LogP contribution is 2.65. The predicted molar refractivity (Wildman–Crippen MR) is 95.2 cm³/mol. The van der Waals surface area contributed by atoms with Crippen molar-refractivity contribution < 1.29 is 23.8 Å². The average Bonchev–Trinajstić information content (AvgIpc) is 2.91. The molecule has 1 heterocycles. The van der Waals surface area contributed by atoms with Crippen LogP contribution in [0.15, 0.2) is 23.3 Å². The number of hydrogen-bond acceptors (Lipinski definition) is 6. The van der Waals surface area contributed by atoms with Crippen molar-refractivity contribution in [2.75, 3.05) is 14.2 Å². The number of esters is 1. The van der Waals surface area contributed by atoms with Crippen molar-refractivity contribution >= 4 is 18.1 Å². The van der Waals surface area contributed by atoms with E-state index in [0.717, 1.165) is 5.56 Å². The summed E-state index contributed by atoms with van der Waals surface area (Å²) in [6, 6.07) is 5.30. The highest BCUT2D eigenvalue weighted by molar-refractivity contribution is 5.96. The van der Waals surface area contributed by atoms with E-state index in [1.54, 1.807) is 32.4 Å². The molecule has 0 spiro atoms. The summed E-state index contributed by atoms with van der Waals surface area (Å²) in [5.74, 6) is 0.470. The molecule has 1 saturated heterocycles. The molecule has 1 amide bonds.